The number of aromatic nitrogens is 1. The third-order valence-electron chi connectivity index (χ3n) is 4.04. The van der Waals surface area contributed by atoms with Gasteiger partial charge >= 0.3 is 0 Å². The lowest BCUT2D eigenvalue weighted by Gasteiger charge is -2.26. The largest absolute Gasteiger partial charge is 0.616 e. The SMILES string of the molecule is Cc1noc(C)c1-c1ccc(NC2CCC[S+]([O-])C2)c(N)c1. The second-order valence-electron chi connectivity index (χ2n) is 5.80. The zero-order chi connectivity index (χ0) is 15.7. The first kappa shape index (κ1) is 15.2. The molecule has 3 N–H and O–H groups in total. The molecule has 5 nitrogen and oxygen atoms in total. The fraction of sp³-hybridized carbons (Fsp3) is 0.438. The van der Waals surface area contributed by atoms with Crippen LogP contribution in [-0.4, -0.2) is 27.3 Å². The molecular formula is C16H21N3O2S. The lowest BCUT2D eigenvalue weighted by molar-refractivity contribution is 0.393. The van der Waals surface area contributed by atoms with Gasteiger partial charge < -0.3 is 20.1 Å². The van der Waals surface area contributed by atoms with E-state index in [9.17, 15) is 4.55 Å². The molecule has 2 aromatic rings. The van der Waals surface area contributed by atoms with Crippen molar-refractivity contribution in [3.8, 4) is 11.1 Å². The predicted molar refractivity (Wildman–Crippen MR) is 90.3 cm³/mol. The minimum Gasteiger partial charge on any atom is -0.616 e. The van der Waals surface area contributed by atoms with E-state index in [1.807, 2.05) is 32.0 Å². The van der Waals surface area contributed by atoms with E-state index < -0.39 is 11.2 Å². The van der Waals surface area contributed by atoms with E-state index in [0.29, 0.717) is 11.4 Å². The van der Waals surface area contributed by atoms with E-state index >= 15 is 0 Å². The molecule has 6 heteroatoms. The zero-order valence-corrected chi connectivity index (χ0v) is 13.7. The summed E-state index contributed by atoms with van der Waals surface area (Å²) in [6.07, 6.45) is 2.04. The Bertz CT molecular complexity index is 652. The number of nitrogens with two attached hydrogens (primary N) is 1. The Morgan fingerprint density at radius 3 is 2.86 bits per heavy atom. The highest BCUT2D eigenvalue weighted by Gasteiger charge is 2.23. The van der Waals surface area contributed by atoms with Crippen molar-refractivity contribution < 1.29 is 9.08 Å². The van der Waals surface area contributed by atoms with Gasteiger partial charge in [-0.05, 0) is 44.4 Å². The van der Waals surface area contributed by atoms with Crippen LogP contribution in [-0.2, 0) is 11.2 Å². The van der Waals surface area contributed by atoms with Gasteiger partial charge in [0, 0.05) is 5.56 Å². The van der Waals surface area contributed by atoms with Crippen molar-refractivity contribution in [3.63, 3.8) is 0 Å². The van der Waals surface area contributed by atoms with Crippen LogP contribution in [0, 0.1) is 13.8 Å². The molecule has 0 spiro atoms. The number of anilines is 2. The second kappa shape index (κ2) is 6.22. The van der Waals surface area contributed by atoms with Crippen LogP contribution in [0.2, 0.25) is 0 Å². The maximum atomic E-state index is 11.7. The molecule has 1 aliphatic rings. The summed E-state index contributed by atoms with van der Waals surface area (Å²) in [7, 11) is 0. The van der Waals surface area contributed by atoms with Crippen LogP contribution in [0.15, 0.2) is 22.7 Å². The summed E-state index contributed by atoms with van der Waals surface area (Å²) < 4.78 is 16.9. The van der Waals surface area contributed by atoms with Crippen molar-refractivity contribution in [3.05, 3.63) is 29.7 Å². The van der Waals surface area contributed by atoms with Crippen LogP contribution in [0.3, 0.4) is 0 Å². The molecule has 1 aromatic carbocycles. The second-order valence-corrected chi connectivity index (χ2v) is 7.42. The Morgan fingerprint density at radius 1 is 1.41 bits per heavy atom. The molecule has 0 bridgehead atoms. The van der Waals surface area contributed by atoms with Gasteiger partial charge in [0.05, 0.1) is 23.1 Å². The van der Waals surface area contributed by atoms with Crippen LogP contribution >= 0.6 is 0 Å². The molecule has 0 saturated carbocycles. The summed E-state index contributed by atoms with van der Waals surface area (Å²) in [5, 5.41) is 7.41. The average molecular weight is 319 g/mol. The highest BCUT2D eigenvalue weighted by molar-refractivity contribution is 7.91. The lowest BCUT2D eigenvalue weighted by atomic mass is 10.0. The summed E-state index contributed by atoms with van der Waals surface area (Å²) >= 11 is -0.709. The van der Waals surface area contributed by atoms with Gasteiger partial charge in [-0.15, -0.1) is 0 Å². The Hall–Kier alpha value is -1.66. The van der Waals surface area contributed by atoms with Gasteiger partial charge in [0.1, 0.15) is 17.3 Å². The molecule has 1 fully saturated rings. The molecule has 3 rings (SSSR count). The van der Waals surface area contributed by atoms with Gasteiger partial charge in [-0.3, -0.25) is 0 Å². The van der Waals surface area contributed by atoms with Crippen molar-refractivity contribution >= 4 is 22.6 Å². The highest BCUT2D eigenvalue weighted by atomic mass is 32.2. The Balaban J connectivity index is 1.81. The number of nitrogens with one attached hydrogen (secondary N) is 1. The molecule has 2 heterocycles. The van der Waals surface area contributed by atoms with Crippen LogP contribution < -0.4 is 11.1 Å². The van der Waals surface area contributed by atoms with Gasteiger partial charge in [-0.1, -0.05) is 22.4 Å². The van der Waals surface area contributed by atoms with Gasteiger partial charge in [0.2, 0.25) is 0 Å². The van der Waals surface area contributed by atoms with Crippen molar-refractivity contribution in [2.75, 3.05) is 22.6 Å². The molecule has 1 saturated heterocycles. The van der Waals surface area contributed by atoms with E-state index in [1.165, 1.54) is 0 Å². The van der Waals surface area contributed by atoms with Gasteiger partial charge in [0.25, 0.3) is 0 Å². The topological polar surface area (TPSA) is 87.1 Å². The molecule has 2 unspecified atom stereocenters. The van der Waals surface area contributed by atoms with Crippen LogP contribution in [0.25, 0.3) is 11.1 Å². The third kappa shape index (κ3) is 3.08. The van der Waals surface area contributed by atoms with Crippen LogP contribution in [0.1, 0.15) is 24.3 Å². The Morgan fingerprint density at radius 2 is 2.23 bits per heavy atom. The number of nitrogens with zero attached hydrogens (tertiary/aromatic N) is 1. The quantitative estimate of drug-likeness (QED) is 0.671. The molecule has 1 aliphatic heterocycles. The Kier molecular flexibility index (Phi) is 4.31. The first-order valence-electron chi connectivity index (χ1n) is 7.49. The number of hydrogen-bond donors (Lipinski definition) is 2. The third-order valence-corrected chi connectivity index (χ3v) is 5.56. The lowest BCUT2D eigenvalue weighted by Crippen LogP contribution is -2.35. The van der Waals surface area contributed by atoms with E-state index in [2.05, 4.69) is 10.5 Å². The number of rotatable bonds is 3. The summed E-state index contributed by atoms with van der Waals surface area (Å²) in [4.78, 5) is 0. The normalized spacial score (nSPS) is 21.8. The molecule has 2 atom stereocenters. The van der Waals surface area contributed by atoms with E-state index in [-0.39, 0.29) is 6.04 Å². The van der Waals surface area contributed by atoms with Crippen LogP contribution in [0.5, 0.6) is 0 Å². The van der Waals surface area contributed by atoms with E-state index in [1.54, 1.807) is 0 Å². The van der Waals surface area contributed by atoms with Gasteiger partial charge in [-0.2, -0.15) is 0 Å². The number of nitrogen functional groups attached to an aromatic ring is 1. The van der Waals surface area contributed by atoms with Gasteiger partial charge in [-0.25, -0.2) is 0 Å². The first-order chi connectivity index (χ1) is 10.5. The summed E-state index contributed by atoms with van der Waals surface area (Å²) in [6.45, 7) is 3.82. The standard InChI is InChI=1S/C16H21N3O2S/c1-10-16(11(2)21-19-10)12-5-6-15(14(17)8-12)18-13-4-3-7-22(20)9-13/h5-6,8,13,18H,3-4,7,9,17H2,1-2H3. The number of aryl methyl sites for hydroxylation is 2. The molecule has 22 heavy (non-hydrogen) atoms. The molecule has 0 amide bonds. The summed E-state index contributed by atoms with van der Waals surface area (Å²) in [5.41, 5.74) is 10.6. The maximum absolute atomic E-state index is 11.7. The molecule has 0 aliphatic carbocycles. The van der Waals surface area contributed by atoms with Crippen molar-refractivity contribution in [1.29, 1.82) is 0 Å². The highest BCUT2D eigenvalue weighted by Crippen LogP contribution is 2.32. The molecular weight excluding hydrogens is 298 g/mol. The number of benzene rings is 1. The van der Waals surface area contributed by atoms with E-state index in [4.69, 9.17) is 10.3 Å². The molecule has 0 radical (unpaired) electrons. The summed E-state index contributed by atoms with van der Waals surface area (Å²) in [5.74, 6) is 2.31. The van der Waals surface area contributed by atoms with E-state index in [0.717, 1.165) is 46.9 Å². The summed E-state index contributed by atoms with van der Waals surface area (Å²) in [6, 6.07) is 6.18. The van der Waals surface area contributed by atoms with Crippen molar-refractivity contribution in [2.45, 2.75) is 32.7 Å². The van der Waals surface area contributed by atoms with Crippen molar-refractivity contribution in [1.82, 2.24) is 5.16 Å². The monoisotopic (exact) mass is 319 g/mol. The first-order valence-corrected chi connectivity index (χ1v) is 8.97. The molecule has 118 valence electrons. The minimum absolute atomic E-state index is 0.238. The van der Waals surface area contributed by atoms with Crippen molar-refractivity contribution in [2.24, 2.45) is 0 Å². The van der Waals surface area contributed by atoms with Gasteiger partial charge in [0.15, 0.2) is 0 Å². The average Bonchev–Trinajstić information content (AvgIpc) is 2.81. The zero-order valence-electron chi connectivity index (χ0n) is 12.9. The minimum atomic E-state index is -0.709. The molecule has 1 aromatic heterocycles. The maximum Gasteiger partial charge on any atom is 0.141 e. The smallest absolute Gasteiger partial charge is 0.141 e. The Labute approximate surface area is 133 Å². The number of hydrogen-bond acceptors (Lipinski definition) is 5. The van der Waals surface area contributed by atoms with Crippen LogP contribution in [0.4, 0.5) is 11.4 Å². The fourth-order valence-corrected chi connectivity index (χ4v) is 4.31. The predicted octanol–water partition coefficient (Wildman–Crippen LogP) is 2.86. The fourth-order valence-electron chi connectivity index (χ4n) is 2.96.